The van der Waals surface area contributed by atoms with Gasteiger partial charge in [0.05, 0.1) is 22.8 Å². The van der Waals surface area contributed by atoms with E-state index in [2.05, 4.69) is 21.9 Å². The molecule has 0 atom stereocenters. The van der Waals surface area contributed by atoms with Gasteiger partial charge >= 0.3 is 5.91 Å². The highest BCUT2D eigenvalue weighted by molar-refractivity contribution is 6.52. The molecule has 2 aromatic rings. The molecule has 0 aromatic heterocycles. The predicted octanol–water partition coefficient (Wildman–Crippen LogP) is 1.90. The minimum Gasteiger partial charge on any atom is -0.369 e. The number of carbonyl (C=O) groups is 2. The van der Waals surface area contributed by atoms with Crippen molar-refractivity contribution in [1.82, 2.24) is 4.90 Å². The topological polar surface area (TPSA) is 87.0 Å². The van der Waals surface area contributed by atoms with Gasteiger partial charge in [-0.15, -0.1) is 0 Å². The van der Waals surface area contributed by atoms with Gasteiger partial charge in [-0.2, -0.15) is 0 Å². The quantitative estimate of drug-likeness (QED) is 0.467. The van der Waals surface area contributed by atoms with Gasteiger partial charge in [0.2, 0.25) is 0 Å². The Labute approximate surface area is 155 Å². The van der Waals surface area contributed by atoms with Crippen molar-refractivity contribution in [1.29, 1.82) is 0 Å². The first-order valence-corrected chi connectivity index (χ1v) is 8.71. The number of fused-ring (bicyclic) bond motifs is 1. The average molecular weight is 366 g/mol. The molecule has 2 aromatic carbocycles. The zero-order valence-electron chi connectivity index (χ0n) is 14.6. The SMILES string of the molecule is O=C1C(=O)N(CN2CCN(c3ccccc3)CC2)c2ccc([N+](=O)[O-])cc21. The van der Waals surface area contributed by atoms with Gasteiger partial charge in [0.15, 0.2) is 0 Å². The number of Topliss-reactive ketones (excluding diaryl/α,β-unsaturated/α-hetero) is 1. The fourth-order valence-corrected chi connectivity index (χ4v) is 3.53. The number of hydrogen-bond donors (Lipinski definition) is 0. The smallest absolute Gasteiger partial charge is 0.300 e. The number of nitrogens with zero attached hydrogens (tertiary/aromatic N) is 4. The van der Waals surface area contributed by atoms with Crippen LogP contribution in [0.25, 0.3) is 0 Å². The summed E-state index contributed by atoms with van der Waals surface area (Å²) in [7, 11) is 0. The molecule has 4 rings (SSSR count). The van der Waals surface area contributed by atoms with Gasteiger partial charge in [0, 0.05) is 44.0 Å². The Hall–Kier alpha value is -3.26. The van der Waals surface area contributed by atoms with Gasteiger partial charge in [0.25, 0.3) is 11.5 Å². The lowest BCUT2D eigenvalue weighted by Gasteiger charge is -2.37. The highest BCUT2D eigenvalue weighted by atomic mass is 16.6. The van der Waals surface area contributed by atoms with Gasteiger partial charge in [0.1, 0.15) is 0 Å². The van der Waals surface area contributed by atoms with Gasteiger partial charge in [-0.25, -0.2) is 0 Å². The molecule has 0 radical (unpaired) electrons. The summed E-state index contributed by atoms with van der Waals surface area (Å²) >= 11 is 0. The Bertz CT molecular complexity index is 907. The van der Waals surface area contributed by atoms with Crippen LogP contribution in [0, 0.1) is 10.1 Å². The summed E-state index contributed by atoms with van der Waals surface area (Å²) in [5, 5.41) is 10.9. The van der Waals surface area contributed by atoms with E-state index in [1.165, 1.54) is 28.8 Å². The Morgan fingerprint density at radius 2 is 1.67 bits per heavy atom. The van der Waals surface area contributed by atoms with E-state index in [0.717, 1.165) is 26.2 Å². The highest BCUT2D eigenvalue weighted by Crippen LogP contribution is 2.32. The molecule has 8 heteroatoms. The van der Waals surface area contributed by atoms with Crippen LogP contribution in [0.1, 0.15) is 10.4 Å². The summed E-state index contributed by atoms with van der Waals surface area (Å²) in [5.74, 6) is -1.31. The first-order chi connectivity index (χ1) is 13.0. The largest absolute Gasteiger partial charge is 0.369 e. The molecule has 2 aliphatic rings. The third kappa shape index (κ3) is 3.15. The van der Waals surface area contributed by atoms with E-state index < -0.39 is 16.6 Å². The zero-order chi connectivity index (χ0) is 19.0. The van der Waals surface area contributed by atoms with E-state index in [0.29, 0.717) is 12.4 Å². The number of amides is 1. The number of piperazine rings is 1. The minimum absolute atomic E-state index is 0.108. The third-order valence-corrected chi connectivity index (χ3v) is 5.00. The van der Waals surface area contributed by atoms with E-state index in [1.54, 1.807) is 0 Å². The van der Waals surface area contributed by atoms with Crippen molar-refractivity contribution >= 4 is 28.8 Å². The normalized spacial score (nSPS) is 17.3. The second-order valence-electron chi connectivity index (χ2n) is 6.60. The summed E-state index contributed by atoms with van der Waals surface area (Å²) in [6, 6.07) is 14.1. The van der Waals surface area contributed by atoms with Crippen molar-refractivity contribution in [3.05, 3.63) is 64.2 Å². The van der Waals surface area contributed by atoms with Crippen molar-refractivity contribution in [3.63, 3.8) is 0 Å². The maximum Gasteiger partial charge on any atom is 0.300 e. The maximum atomic E-state index is 12.4. The predicted molar refractivity (Wildman–Crippen MR) is 100 cm³/mol. The van der Waals surface area contributed by atoms with Crippen molar-refractivity contribution < 1.29 is 14.5 Å². The summed E-state index contributed by atoms with van der Waals surface area (Å²) in [6.07, 6.45) is 0. The van der Waals surface area contributed by atoms with Crippen LogP contribution in [0.2, 0.25) is 0 Å². The maximum absolute atomic E-state index is 12.4. The minimum atomic E-state index is -0.684. The first-order valence-electron chi connectivity index (χ1n) is 8.71. The van der Waals surface area contributed by atoms with Crippen LogP contribution in [0.4, 0.5) is 17.1 Å². The number of nitro groups is 1. The van der Waals surface area contributed by atoms with Crippen molar-refractivity contribution in [3.8, 4) is 0 Å². The summed E-state index contributed by atoms with van der Waals surface area (Å²) in [6.45, 7) is 3.47. The van der Waals surface area contributed by atoms with Crippen molar-refractivity contribution in [2.75, 3.05) is 42.6 Å². The van der Waals surface area contributed by atoms with Gasteiger partial charge < -0.3 is 4.90 Å². The average Bonchev–Trinajstić information content (AvgIpc) is 2.93. The monoisotopic (exact) mass is 366 g/mol. The molecule has 1 amide bonds. The molecule has 0 aliphatic carbocycles. The number of para-hydroxylation sites is 1. The van der Waals surface area contributed by atoms with Crippen LogP contribution in [0.5, 0.6) is 0 Å². The molecular weight excluding hydrogens is 348 g/mol. The molecule has 0 saturated carbocycles. The Kier molecular flexibility index (Phi) is 4.33. The Morgan fingerprint density at radius 1 is 0.963 bits per heavy atom. The van der Waals surface area contributed by atoms with Gasteiger partial charge in [-0.1, -0.05) is 18.2 Å². The second-order valence-corrected chi connectivity index (χ2v) is 6.60. The van der Waals surface area contributed by atoms with Crippen molar-refractivity contribution in [2.45, 2.75) is 0 Å². The number of benzene rings is 2. The Morgan fingerprint density at radius 3 is 2.33 bits per heavy atom. The molecule has 8 nitrogen and oxygen atoms in total. The molecular formula is C19H18N4O4. The molecule has 0 N–H and O–H groups in total. The molecule has 2 aliphatic heterocycles. The molecule has 0 unspecified atom stereocenters. The molecule has 0 spiro atoms. The van der Waals surface area contributed by atoms with E-state index in [-0.39, 0.29) is 11.3 Å². The number of ketones is 1. The van der Waals surface area contributed by atoms with Crippen LogP contribution in [0.15, 0.2) is 48.5 Å². The second kappa shape index (κ2) is 6.81. The summed E-state index contributed by atoms with van der Waals surface area (Å²) in [5.41, 5.74) is 1.54. The van der Waals surface area contributed by atoms with E-state index in [9.17, 15) is 19.7 Å². The number of carbonyl (C=O) groups excluding carboxylic acids is 2. The number of hydrogen-bond acceptors (Lipinski definition) is 6. The summed E-state index contributed by atoms with van der Waals surface area (Å²) < 4.78 is 0. The van der Waals surface area contributed by atoms with Crippen LogP contribution in [-0.2, 0) is 4.79 Å². The van der Waals surface area contributed by atoms with Gasteiger partial charge in [-0.05, 0) is 18.2 Å². The lowest BCUT2D eigenvalue weighted by molar-refractivity contribution is -0.384. The van der Waals surface area contributed by atoms with E-state index in [1.807, 2.05) is 18.2 Å². The number of anilines is 2. The standard InChI is InChI=1S/C19H18N4O4/c24-18-16-12-15(23(26)27)6-7-17(16)22(19(18)25)13-20-8-10-21(11-9-20)14-4-2-1-3-5-14/h1-7,12H,8-11,13H2. The molecule has 0 bridgehead atoms. The van der Waals surface area contributed by atoms with Crippen LogP contribution in [-0.4, -0.2) is 54.4 Å². The highest BCUT2D eigenvalue weighted by Gasteiger charge is 2.38. The van der Waals surface area contributed by atoms with Gasteiger partial charge in [-0.3, -0.25) is 29.5 Å². The van der Waals surface area contributed by atoms with Crippen LogP contribution >= 0.6 is 0 Å². The number of rotatable bonds is 4. The van der Waals surface area contributed by atoms with E-state index >= 15 is 0 Å². The molecule has 2 heterocycles. The fraction of sp³-hybridized carbons (Fsp3) is 0.263. The van der Waals surface area contributed by atoms with Crippen LogP contribution in [0.3, 0.4) is 0 Å². The molecule has 1 fully saturated rings. The summed E-state index contributed by atoms with van der Waals surface area (Å²) in [4.78, 5) is 40.8. The lowest BCUT2D eigenvalue weighted by atomic mass is 10.1. The molecule has 27 heavy (non-hydrogen) atoms. The van der Waals surface area contributed by atoms with E-state index in [4.69, 9.17) is 0 Å². The first kappa shape index (κ1) is 17.2. The Balaban J connectivity index is 1.46. The van der Waals surface area contributed by atoms with Crippen molar-refractivity contribution in [2.24, 2.45) is 0 Å². The lowest BCUT2D eigenvalue weighted by Crippen LogP contribution is -2.51. The van der Waals surface area contributed by atoms with Crippen LogP contribution < -0.4 is 9.80 Å². The fourth-order valence-electron chi connectivity index (χ4n) is 3.53. The zero-order valence-corrected chi connectivity index (χ0v) is 14.6. The molecule has 138 valence electrons. The number of non-ortho nitro benzene ring substituents is 1. The molecule has 1 saturated heterocycles. The third-order valence-electron chi connectivity index (χ3n) is 5.00. The number of nitro benzene ring substituents is 1.